The number of aliphatic hydroxyl groups is 1. The summed E-state index contributed by atoms with van der Waals surface area (Å²) in [7, 11) is 1.61. The van der Waals surface area contributed by atoms with Crippen molar-refractivity contribution >= 4 is 5.91 Å². The van der Waals surface area contributed by atoms with E-state index in [1.165, 1.54) is 4.90 Å². The molecule has 0 aliphatic rings. The summed E-state index contributed by atoms with van der Waals surface area (Å²) in [6.45, 7) is 6.04. The number of methoxy groups -OCH3 is 1. The molecule has 1 N–H and O–H groups in total. The molecule has 0 aliphatic carbocycles. The second-order valence-corrected chi connectivity index (χ2v) is 5.04. The Bertz CT molecular complexity index is 677. The van der Waals surface area contributed by atoms with Crippen molar-refractivity contribution in [3.8, 4) is 11.4 Å². The molecule has 0 radical (unpaired) electrons. The molecule has 2 aromatic rings. The van der Waals surface area contributed by atoms with Gasteiger partial charge in [-0.25, -0.2) is 4.68 Å². The summed E-state index contributed by atoms with van der Waals surface area (Å²) in [6.07, 6.45) is 1.63. The van der Waals surface area contributed by atoms with Crippen LogP contribution in [0, 0.1) is 6.92 Å². The van der Waals surface area contributed by atoms with Gasteiger partial charge in [-0.2, -0.15) is 5.10 Å². The SMILES string of the molecule is C=CCN(CCO)C(=O)c1cc(C)n(-c2ccc(OC)cc2)n1. The quantitative estimate of drug-likeness (QED) is 0.791. The van der Waals surface area contributed by atoms with E-state index in [0.717, 1.165) is 17.1 Å². The number of carbonyl (C=O) groups is 1. The lowest BCUT2D eigenvalue weighted by Gasteiger charge is -2.18. The van der Waals surface area contributed by atoms with Gasteiger partial charge < -0.3 is 14.7 Å². The molecule has 23 heavy (non-hydrogen) atoms. The highest BCUT2D eigenvalue weighted by molar-refractivity contribution is 5.92. The smallest absolute Gasteiger partial charge is 0.274 e. The maximum Gasteiger partial charge on any atom is 0.274 e. The molecule has 1 aromatic carbocycles. The number of aryl methyl sites for hydroxylation is 1. The van der Waals surface area contributed by atoms with Crippen molar-refractivity contribution in [1.82, 2.24) is 14.7 Å². The van der Waals surface area contributed by atoms with E-state index < -0.39 is 0 Å². The normalized spacial score (nSPS) is 10.4. The number of ether oxygens (including phenoxy) is 1. The summed E-state index contributed by atoms with van der Waals surface area (Å²) in [5, 5.41) is 13.5. The molecule has 6 nitrogen and oxygen atoms in total. The highest BCUT2D eigenvalue weighted by Gasteiger charge is 2.18. The first kappa shape index (κ1) is 16.8. The molecule has 0 fully saturated rings. The van der Waals surface area contributed by atoms with Gasteiger partial charge in [-0.15, -0.1) is 6.58 Å². The summed E-state index contributed by atoms with van der Waals surface area (Å²) in [6, 6.07) is 9.17. The third-order valence-corrected chi connectivity index (χ3v) is 3.43. The van der Waals surface area contributed by atoms with Crippen molar-refractivity contribution in [3.05, 3.63) is 54.4 Å². The van der Waals surface area contributed by atoms with Crippen molar-refractivity contribution in [3.63, 3.8) is 0 Å². The van der Waals surface area contributed by atoms with Gasteiger partial charge in [0.25, 0.3) is 5.91 Å². The first-order chi connectivity index (χ1) is 11.1. The van der Waals surface area contributed by atoms with E-state index in [1.54, 1.807) is 23.9 Å². The minimum Gasteiger partial charge on any atom is -0.497 e. The van der Waals surface area contributed by atoms with Crippen molar-refractivity contribution in [1.29, 1.82) is 0 Å². The van der Waals surface area contributed by atoms with Crippen molar-refractivity contribution in [2.45, 2.75) is 6.92 Å². The summed E-state index contributed by atoms with van der Waals surface area (Å²) in [5.41, 5.74) is 2.04. The summed E-state index contributed by atoms with van der Waals surface area (Å²) < 4.78 is 6.85. The van der Waals surface area contributed by atoms with Crippen LogP contribution in [0.1, 0.15) is 16.2 Å². The van der Waals surface area contributed by atoms with Crippen LogP contribution < -0.4 is 4.74 Å². The van der Waals surface area contributed by atoms with Gasteiger partial charge in [-0.3, -0.25) is 4.79 Å². The van der Waals surface area contributed by atoms with Crippen LogP contribution in [0.15, 0.2) is 43.0 Å². The predicted octanol–water partition coefficient (Wildman–Crippen LogP) is 1.81. The molecule has 0 unspecified atom stereocenters. The lowest BCUT2D eigenvalue weighted by Crippen LogP contribution is -2.34. The molecule has 0 aliphatic heterocycles. The minimum atomic E-state index is -0.227. The Kier molecular flexibility index (Phi) is 5.54. The zero-order valence-electron chi connectivity index (χ0n) is 13.4. The molecule has 6 heteroatoms. The number of hydrogen-bond acceptors (Lipinski definition) is 4. The fourth-order valence-electron chi connectivity index (χ4n) is 2.28. The number of benzene rings is 1. The lowest BCUT2D eigenvalue weighted by molar-refractivity contribution is 0.0736. The fraction of sp³-hybridized carbons (Fsp3) is 0.294. The topological polar surface area (TPSA) is 67.6 Å². The molecular formula is C17H21N3O3. The Morgan fingerprint density at radius 1 is 1.43 bits per heavy atom. The number of rotatable bonds is 7. The molecule has 1 aromatic heterocycles. The molecule has 0 saturated heterocycles. The van der Waals surface area contributed by atoms with Gasteiger partial charge in [0.2, 0.25) is 0 Å². The average Bonchev–Trinajstić information content (AvgIpc) is 2.96. The standard InChI is InChI=1S/C17H21N3O3/c1-4-9-19(10-11-21)17(22)16-12-13(2)20(18-16)14-5-7-15(23-3)8-6-14/h4-8,12,21H,1,9-11H2,2-3H3. The highest BCUT2D eigenvalue weighted by Crippen LogP contribution is 2.17. The predicted molar refractivity (Wildman–Crippen MR) is 88.0 cm³/mol. The summed E-state index contributed by atoms with van der Waals surface area (Å²) in [4.78, 5) is 14.0. The second kappa shape index (κ2) is 7.60. The van der Waals surface area contributed by atoms with Crippen LogP contribution in [0.2, 0.25) is 0 Å². The zero-order valence-corrected chi connectivity index (χ0v) is 13.4. The number of hydrogen-bond donors (Lipinski definition) is 1. The fourth-order valence-corrected chi connectivity index (χ4v) is 2.28. The molecule has 2 rings (SSSR count). The Morgan fingerprint density at radius 2 is 2.13 bits per heavy atom. The van der Waals surface area contributed by atoms with Crippen molar-refractivity contribution in [2.75, 3.05) is 26.8 Å². The zero-order chi connectivity index (χ0) is 16.8. The van der Waals surface area contributed by atoms with Crippen LogP contribution in [0.5, 0.6) is 5.75 Å². The van der Waals surface area contributed by atoms with E-state index >= 15 is 0 Å². The molecule has 0 saturated carbocycles. The van der Waals surface area contributed by atoms with Crippen LogP contribution in [0.3, 0.4) is 0 Å². The van der Waals surface area contributed by atoms with Crippen LogP contribution in [-0.2, 0) is 0 Å². The van der Waals surface area contributed by atoms with Crippen molar-refractivity contribution < 1.29 is 14.6 Å². The molecular weight excluding hydrogens is 294 g/mol. The Balaban J connectivity index is 2.28. The maximum absolute atomic E-state index is 12.5. The number of aromatic nitrogens is 2. The van der Waals surface area contributed by atoms with Crippen LogP contribution >= 0.6 is 0 Å². The van der Waals surface area contributed by atoms with Crippen molar-refractivity contribution in [2.24, 2.45) is 0 Å². The van der Waals surface area contributed by atoms with E-state index in [2.05, 4.69) is 11.7 Å². The third kappa shape index (κ3) is 3.78. The monoisotopic (exact) mass is 315 g/mol. The maximum atomic E-state index is 12.5. The number of carbonyl (C=O) groups excluding carboxylic acids is 1. The van der Waals surface area contributed by atoms with Gasteiger partial charge in [0.15, 0.2) is 5.69 Å². The highest BCUT2D eigenvalue weighted by atomic mass is 16.5. The molecule has 122 valence electrons. The second-order valence-electron chi connectivity index (χ2n) is 5.04. The van der Waals surface area contributed by atoms with E-state index in [1.807, 2.05) is 31.2 Å². The van der Waals surface area contributed by atoms with E-state index in [0.29, 0.717) is 12.2 Å². The Hall–Kier alpha value is -2.60. The number of amides is 1. The Morgan fingerprint density at radius 3 is 2.70 bits per heavy atom. The summed E-state index contributed by atoms with van der Waals surface area (Å²) >= 11 is 0. The van der Waals surface area contributed by atoms with E-state index in [9.17, 15) is 4.79 Å². The number of aliphatic hydroxyl groups excluding tert-OH is 1. The van der Waals surface area contributed by atoms with Gasteiger partial charge in [0.1, 0.15) is 5.75 Å². The van der Waals surface area contributed by atoms with Crippen LogP contribution in [0.4, 0.5) is 0 Å². The molecule has 0 bridgehead atoms. The average molecular weight is 315 g/mol. The third-order valence-electron chi connectivity index (χ3n) is 3.43. The summed E-state index contributed by atoms with van der Waals surface area (Å²) in [5.74, 6) is 0.532. The van der Waals surface area contributed by atoms with Crippen LogP contribution in [0.25, 0.3) is 5.69 Å². The van der Waals surface area contributed by atoms with E-state index in [-0.39, 0.29) is 19.1 Å². The minimum absolute atomic E-state index is 0.0995. The van der Waals surface area contributed by atoms with Gasteiger partial charge >= 0.3 is 0 Å². The molecule has 0 atom stereocenters. The molecule has 1 amide bonds. The Labute approximate surface area is 135 Å². The van der Waals surface area contributed by atoms with Crippen LogP contribution in [-0.4, -0.2) is 52.5 Å². The van der Waals surface area contributed by atoms with Gasteiger partial charge in [-0.05, 0) is 37.3 Å². The first-order valence-electron chi connectivity index (χ1n) is 7.32. The molecule has 1 heterocycles. The van der Waals surface area contributed by atoms with Gasteiger partial charge in [0.05, 0.1) is 19.4 Å². The molecule has 0 spiro atoms. The van der Waals surface area contributed by atoms with Gasteiger partial charge in [-0.1, -0.05) is 6.08 Å². The first-order valence-corrected chi connectivity index (χ1v) is 7.32. The lowest BCUT2D eigenvalue weighted by atomic mass is 10.3. The largest absolute Gasteiger partial charge is 0.497 e. The van der Waals surface area contributed by atoms with Gasteiger partial charge in [0, 0.05) is 18.8 Å². The van der Waals surface area contributed by atoms with E-state index in [4.69, 9.17) is 9.84 Å². The number of nitrogens with zero attached hydrogens (tertiary/aromatic N) is 3.